The summed E-state index contributed by atoms with van der Waals surface area (Å²) in [5.41, 5.74) is 2.59. The van der Waals surface area contributed by atoms with Crippen molar-refractivity contribution in [3.8, 4) is 5.75 Å². The van der Waals surface area contributed by atoms with Crippen LogP contribution in [0.5, 0.6) is 5.75 Å². The van der Waals surface area contributed by atoms with Crippen LogP contribution in [0.1, 0.15) is 66.9 Å². The summed E-state index contributed by atoms with van der Waals surface area (Å²) in [4.78, 5) is 31.4. The van der Waals surface area contributed by atoms with Crippen LogP contribution in [0.3, 0.4) is 0 Å². The lowest BCUT2D eigenvalue weighted by molar-refractivity contribution is 0.0720. The Morgan fingerprint density at radius 1 is 1.06 bits per heavy atom. The predicted molar refractivity (Wildman–Crippen MR) is 135 cm³/mol. The van der Waals surface area contributed by atoms with Gasteiger partial charge in [0.1, 0.15) is 11.3 Å². The van der Waals surface area contributed by atoms with Crippen molar-refractivity contribution < 1.29 is 13.9 Å². The normalized spacial score (nSPS) is 15.4. The fourth-order valence-corrected chi connectivity index (χ4v) is 4.71. The molecule has 0 saturated carbocycles. The van der Waals surface area contributed by atoms with E-state index < -0.39 is 6.04 Å². The van der Waals surface area contributed by atoms with Crippen LogP contribution < -0.4 is 10.2 Å². The molecule has 6 nitrogen and oxygen atoms in total. The van der Waals surface area contributed by atoms with Gasteiger partial charge in [-0.3, -0.25) is 9.59 Å². The van der Waals surface area contributed by atoms with Gasteiger partial charge in [0, 0.05) is 6.54 Å². The minimum atomic E-state index is -0.495. The molecule has 2 heterocycles. The first-order valence-corrected chi connectivity index (χ1v) is 12.3. The molecule has 3 aromatic rings. The number of fused-ring (bicyclic) bond motifs is 2. The van der Waals surface area contributed by atoms with Crippen molar-refractivity contribution in [2.24, 2.45) is 0 Å². The van der Waals surface area contributed by atoms with E-state index in [4.69, 9.17) is 9.15 Å². The van der Waals surface area contributed by atoms with Crippen molar-refractivity contribution in [2.75, 3.05) is 32.8 Å². The molecule has 0 N–H and O–H groups in total. The molecular weight excluding hydrogens is 428 g/mol. The van der Waals surface area contributed by atoms with E-state index in [1.807, 2.05) is 43.3 Å². The number of rotatable bonds is 10. The minimum Gasteiger partial charge on any atom is -0.494 e. The molecule has 6 heteroatoms. The van der Waals surface area contributed by atoms with E-state index in [2.05, 4.69) is 25.7 Å². The highest BCUT2D eigenvalue weighted by Crippen LogP contribution is 2.39. The lowest BCUT2D eigenvalue weighted by Crippen LogP contribution is -2.33. The Labute approximate surface area is 201 Å². The summed E-state index contributed by atoms with van der Waals surface area (Å²) >= 11 is 0. The molecular formula is C28H34N2O4. The van der Waals surface area contributed by atoms with E-state index in [-0.39, 0.29) is 17.1 Å². The van der Waals surface area contributed by atoms with Crippen molar-refractivity contribution in [3.63, 3.8) is 0 Å². The second-order valence-electron chi connectivity index (χ2n) is 8.88. The monoisotopic (exact) mass is 462 g/mol. The highest BCUT2D eigenvalue weighted by Gasteiger charge is 2.42. The van der Waals surface area contributed by atoms with E-state index in [1.54, 1.807) is 11.0 Å². The van der Waals surface area contributed by atoms with Crippen molar-refractivity contribution in [1.82, 2.24) is 9.80 Å². The zero-order valence-corrected chi connectivity index (χ0v) is 20.6. The van der Waals surface area contributed by atoms with Crippen molar-refractivity contribution in [3.05, 3.63) is 75.1 Å². The molecule has 180 valence electrons. The Kier molecular flexibility index (Phi) is 7.37. The molecule has 0 radical (unpaired) electrons. The van der Waals surface area contributed by atoms with Gasteiger partial charge in [-0.15, -0.1) is 0 Å². The zero-order chi connectivity index (χ0) is 24.2. The topological polar surface area (TPSA) is 63.0 Å². The third-order valence-electron chi connectivity index (χ3n) is 6.54. The van der Waals surface area contributed by atoms with Crippen LogP contribution in [0.15, 0.2) is 51.7 Å². The summed E-state index contributed by atoms with van der Waals surface area (Å²) in [5.74, 6) is 0.678. The summed E-state index contributed by atoms with van der Waals surface area (Å²) in [6, 6.07) is 12.8. The Hall–Kier alpha value is -3.12. The molecule has 2 aromatic carbocycles. The van der Waals surface area contributed by atoms with Gasteiger partial charge >= 0.3 is 0 Å². The van der Waals surface area contributed by atoms with Gasteiger partial charge in [-0.25, -0.2) is 0 Å². The lowest BCUT2D eigenvalue weighted by Gasteiger charge is -2.27. The molecule has 0 spiro atoms. The minimum absolute atomic E-state index is 0.135. The van der Waals surface area contributed by atoms with Crippen LogP contribution in [0.25, 0.3) is 11.0 Å². The van der Waals surface area contributed by atoms with Gasteiger partial charge in [-0.2, -0.15) is 0 Å². The van der Waals surface area contributed by atoms with Gasteiger partial charge in [-0.05, 0) is 69.2 Å². The highest BCUT2D eigenvalue weighted by atomic mass is 16.5. The van der Waals surface area contributed by atoms with E-state index in [0.29, 0.717) is 29.7 Å². The summed E-state index contributed by atoms with van der Waals surface area (Å²) < 4.78 is 11.9. The quantitative estimate of drug-likeness (QED) is 0.416. The SMILES string of the molecule is CCCOc1cccc([C@H]2c3c(oc4ccc(C)cc4c3=O)C(=O)N2CCCN(CC)CC)c1. The summed E-state index contributed by atoms with van der Waals surface area (Å²) in [6.07, 6.45) is 1.72. The van der Waals surface area contributed by atoms with Crippen molar-refractivity contribution >= 4 is 16.9 Å². The second-order valence-corrected chi connectivity index (χ2v) is 8.88. The first-order chi connectivity index (χ1) is 16.5. The molecule has 1 aliphatic heterocycles. The van der Waals surface area contributed by atoms with Crippen LogP contribution >= 0.6 is 0 Å². The van der Waals surface area contributed by atoms with Gasteiger partial charge in [0.25, 0.3) is 5.91 Å². The Morgan fingerprint density at radius 2 is 1.85 bits per heavy atom. The van der Waals surface area contributed by atoms with Crippen molar-refractivity contribution in [1.29, 1.82) is 0 Å². The molecule has 0 fully saturated rings. The molecule has 4 rings (SSSR count). The third-order valence-corrected chi connectivity index (χ3v) is 6.54. The van der Waals surface area contributed by atoms with Gasteiger partial charge in [0.05, 0.1) is 23.6 Å². The standard InChI is InChI=1S/C28H34N2O4/c1-5-16-33-21-11-8-10-20(18-21)25-24-26(31)22-17-19(4)12-13-23(22)34-27(24)28(32)30(25)15-9-14-29(6-2)7-3/h8,10-13,17-18,25H,5-7,9,14-16H2,1-4H3/t25-/m0/s1. The van der Waals surface area contributed by atoms with Crippen LogP contribution in [-0.4, -0.2) is 48.5 Å². The fourth-order valence-electron chi connectivity index (χ4n) is 4.71. The first-order valence-electron chi connectivity index (χ1n) is 12.3. The second kappa shape index (κ2) is 10.4. The zero-order valence-electron chi connectivity index (χ0n) is 20.6. The Balaban J connectivity index is 1.79. The molecule has 0 saturated heterocycles. The number of ether oxygens (including phenoxy) is 1. The Bertz CT molecular complexity index is 1230. The maximum Gasteiger partial charge on any atom is 0.290 e. The number of carbonyl (C=O) groups is 1. The predicted octanol–water partition coefficient (Wildman–Crippen LogP) is 5.17. The van der Waals surface area contributed by atoms with Gasteiger partial charge in [0.15, 0.2) is 5.43 Å². The molecule has 1 atom stereocenters. The maximum atomic E-state index is 13.7. The van der Waals surface area contributed by atoms with Crippen molar-refractivity contribution in [2.45, 2.75) is 46.6 Å². The van der Waals surface area contributed by atoms with Gasteiger partial charge < -0.3 is 19.0 Å². The van der Waals surface area contributed by atoms with Crippen LogP contribution in [-0.2, 0) is 0 Å². The highest BCUT2D eigenvalue weighted by molar-refractivity contribution is 5.99. The average molecular weight is 463 g/mol. The van der Waals surface area contributed by atoms with E-state index in [1.165, 1.54) is 0 Å². The first kappa shape index (κ1) is 24.0. The van der Waals surface area contributed by atoms with E-state index in [9.17, 15) is 9.59 Å². The molecule has 0 unspecified atom stereocenters. The molecule has 1 aromatic heterocycles. The smallest absolute Gasteiger partial charge is 0.290 e. The summed E-state index contributed by atoms with van der Waals surface area (Å²) in [5, 5.41) is 0.514. The van der Waals surface area contributed by atoms with Gasteiger partial charge in [-0.1, -0.05) is 44.5 Å². The molecule has 1 amide bonds. The largest absolute Gasteiger partial charge is 0.494 e. The number of carbonyl (C=O) groups excluding carboxylic acids is 1. The number of aryl methyl sites for hydroxylation is 1. The van der Waals surface area contributed by atoms with Crippen LogP contribution in [0.2, 0.25) is 0 Å². The number of amides is 1. The molecule has 0 bridgehead atoms. The summed E-state index contributed by atoms with van der Waals surface area (Å²) in [7, 11) is 0. The number of hydrogen-bond acceptors (Lipinski definition) is 5. The molecule has 1 aliphatic rings. The fraction of sp³-hybridized carbons (Fsp3) is 0.429. The number of hydrogen-bond donors (Lipinski definition) is 0. The summed E-state index contributed by atoms with van der Waals surface area (Å²) in [6.45, 7) is 12.3. The third kappa shape index (κ3) is 4.60. The average Bonchev–Trinajstić information content (AvgIpc) is 3.13. The lowest BCUT2D eigenvalue weighted by atomic mass is 9.98. The van der Waals surface area contributed by atoms with E-state index in [0.717, 1.165) is 49.4 Å². The van der Waals surface area contributed by atoms with Crippen LogP contribution in [0, 0.1) is 6.92 Å². The van der Waals surface area contributed by atoms with Crippen LogP contribution in [0.4, 0.5) is 0 Å². The number of nitrogens with zero attached hydrogens (tertiary/aromatic N) is 2. The van der Waals surface area contributed by atoms with Gasteiger partial charge in [0.2, 0.25) is 5.76 Å². The van der Waals surface area contributed by atoms with E-state index >= 15 is 0 Å². The maximum absolute atomic E-state index is 13.7. The number of benzene rings is 2. The Morgan fingerprint density at radius 3 is 2.59 bits per heavy atom. The molecule has 0 aliphatic carbocycles. The molecule has 34 heavy (non-hydrogen) atoms.